The standard InChI is InChI=1S/C20H23N3O7S/c1-11(24)27-17-9-31-20(19(29-13(3)26)18(17)28-12(2)25)30-15-5-14(6-21-7-15)16-8-22-10-23(16)4/h5-8,10,17-20H,9H2,1-4H3/t17-,18+,19-,20+/m1/s1. The molecule has 0 bridgehead atoms. The fraction of sp³-hybridized carbons (Fsp3) is 0.450. The van der Waals surface area contributed by atoms with Crippen molar-refractivity contribution in [3.63, 3.8) is 0 Å². The highest BCUT2D eigenvalue weighted by Gasteiger charge is 2.47. The molecule has 0 saturated carbocycles. The van der Waals surface area contributed by atoms with Crippen molar-refractivity contribution in [3.8, 4) is 17.0 Å². The number of rotatable bonds is 6. The molecular weight excluding hydrogens is 426 g/mol. The zero-order chi connectivity index (χ0) is 22.5. The molecule has 11 heteroatoms. The summed E-state index contributed by atoms with van der Waals surface area (Å²) in [6.07, 6.45) is 3.81. The second-order valence-corrected chi connectivity index (χ2v) is 8.05. The molecule has 3 rings (SSSR count). The van der Waals surface area contributed by atoms with Gasteiger partial charge in [-0.05, 0) is 6.07 Å². The van der Waals surface area contributed by atoms with Gasteiger partial charge in [-0.15, -0.1) is 11.8 Å². The molecule has 0 amide bonds. The Hall–Kier alpha value is -3.08. The zero-order valence-corrected chi connectivity index (χ0v) is 18.3. The Morgan fingerprint density at radius 2 is 1.65 bits per heavy atom. The van der Waals surface area contributed by atoms with Crippen molar-refractivity contribution < 1.29 is 33.3 Å². The first kappa shape index (κ1) is 22.6. The first-order valence-corrected chi connectivity index (χ1v) is 10.5. The van der Waals surface area contributed by atoms with Crippen LogP contribution in [-0.2, 0) is 35.6 Å². The monoisotopic (exact) mass is 449 g/mol. The maximum Gasteiger partial charge on any atom is 0.303 e. The summed E-state index contributed by atoms with van der Waals surface area (Å²) in [4.78, 5) is 43.3. The number of thioether (sulfide) groups is 1. The lowest BCUT2D eigenvalue weighted by Gasteiger charge is -2.39. The number of pyridine rings is 1. The van der Waals surface area contributed by atoms with Crippen LogP contribution in [0.4, 0.5) is 0 Å². The van der Waals surface area contributed by atoms with Crippen LogP contribution in [0.15, 0.2) is 31.0 Å². The number of ether oxygens (including phenoxy) is 4. The minimum absolute atomic E-state index is 0.287. The molecule has 1 aliphatic rings. The highest BCUT2D eigenvalue weighted by molar-refractivity contribution is 7.99. The molecule has 1 saturated heterocycles. The maximum absolute atomic E-state index is 11.8. The van der Waals surface area contributed by atoms with Crippen LogP contribution < -0.4 is 4.74 Å². The van der Waals surface area contributed by atoms with E-state index in [0.29, 0.717) is 5.75 Å². The van der Waals surface area contributed by atoms with E-state index in [2.05, 4.69) is 9.97 Å². The van der Waals surface area contributed by atoms with Crippen molar-refractivity contribution in [2.24, 2.45) is 7.05 Å². The van der Waals surface area contributed by atoms with Gasteiger partial charge in [0.15, 0.2) is 23.7 Å². The number of esters is 3. The third-order valence-electron chi connectivity index (χ3n) is 4.38. The number of nitrogens with zero attached hydrogens (tertiary/aromatic N) is 3. The van der Waals surface area contributed by atoms with E-state index in [1.54, 1.807) is 24.8 Å². The van der Waals surface area contributed by atoms with E-state index in [-0.39, 0.29) is 5.75 Å². The molecular formula is C20H23N3O7S. The topological polar surface area (TPSA) is 119 Å². The number of carbonyl (C=O) groups is 3. The minimum atomic E-state index is -1.01. The van der Waals surface area contributed by atoms with Crippen LogP contribution in [0.1, 0.15) is 20.8 Å². The van der Waals surface area contributed by atoms with Crippen molar-refractivity contribution >= 4 is 29.7 Å². The minimum Gasteiger partial charge on any atom is -0.474 e. The molecule has 4 atom stereocenters. The number of imidazole rings is 1. The van der Waals surface area contributed by atoms with Crippen molar-refractivity contribution in [1.82, 2.24) is 14.5 Å². The van der Waals surface area contributed by atoms with Gasteiger partial charge in [0.25, 0.3) is 0 Å². The Morgan fingerprint density at radius 3 is 2.26 bits per heavy atom. The van der Waals surface area contributed by atoms with Gasteiger partial charge in [-0.2, -0.15) is 0 Å². The molecule has 0 N–H and O–H groups in total. The smallest absolute Gasteiger partial charge is 0.303 e. The normalized spacial score (nSPS) is 23.0. The van der Waals surface area contributed by atoms with Gasteiger partial charge in [0.1, 0.15) is 5.75 Å². The fourth-order valence-corrected chi connectivity index (χ4v) is 4.42. The summed E-state index contributed by atoms with van der Waals surface area (Å²) in [5, 5.41) is 0. The third kappa shape index (κ3) is 5.75. The molecule has 0 spiro atoms. The van der Waals surface area contributed by atoms with Crippen molar-refractivity contribution in [3.05, 3.63) is 31.0 Å². The van der Waals surface area contributed by atoms with Gasteiger partial charge < -0.3 is 23.5 Å². The molecule has 31 heavy (non-hydrogen) atoms. The van der Waals surface area contributed by atoms with Crippen LogP contribution in [0, 0.1) is 0 Å². The molecule has 2 aromatic heterocycles. The Balaban J connectivity index is 1.87. The first-order valence-electron chi connectivity index (χ1n) is 9.46. The van der Waals surface area contributed by atoms with Gasteiger partial charge in [-0.25, -0.2) is 4.98 Å². The lowest BCUT2D eigenvalue weighted by Crippen LogP contribution is -2.55. The molecule has 10 nitrogen and oxygen atoms in total. The average molecular weight is 449 g/mol. The number of carbonyl (C=O) groups excluding carboxylic acids is 3. The van der Waals surface area contributed by atoms with Gasteiger partial charge in [0, 0.05) is 45.3 Å². The summed E-state index contributed by atoms with van der Waals surface area (Å²) in [7, 11) is 1.86. The highest BCUT2D eigenvalue weighted by atomic mass is 32.2. The van der Waals surface area contributed by atoms with Crippen molar-refractivity contribution in [2.45, 2.75) is 44.5 Å². The highest BCUT2D eigenvalue weighted by Crippen LogP contribution is 2.34. The molecule has 1 aliphatic heterocycles. The van der Waals surface area contributed by atoms with E-state index in [4.69, 9.17) is 18.9 Å². The first-order chi connectivity index (χ1) is 14.7. The zero-order valence-electron chi connectivity index (χ0n) is 17.5. The molecule has 1 fully saturated rings. The van der Waals surface area contributed by atoms with Crippen LogP contribution in [0.2, 0.25) is 0 Å². The largest absolute Gasteiger partial charge is 0.474 e. The van der Waals surface area contributed by atoms with Crippen LogP contribution in [0.25, 0.3) is 11.3 Å². The molecule has 0 aliphatic carbocycles. The summed E-state index contributed by atoms with van der Waals surface area (Å²) in [6.45, 7) is 3.73. The quantitative estimate of drug-likeness (QED) is 0.476. The summed E-state index contributed by atoms with van der Waals surface area (Å²) in [5.74, 6) is -0.988. The molecule has 166 valence electrons. The van der Waals surface area contributed by atoms with E-state index in [0.717, 1.165) is 11.3 Å². The van der Waals surface area contributed by atoms with E-state index in [1.807, 2.05) is 11.6 Å². The molecule has 0 unspecified atom stereocenters. The van der Waals surface area contributed by atoms with Crippen LogP contribution >= 0.6 is 11.8 Å². The predicted molar refractivity (Wildman–Crippen MR) is 110 cm³/mol. The van der Waals surface area contributed by atoms with Crippen LogP contribution in [0.3, 0.4) is 0 Å². The Morgan fingerprint density at radius 1 is 0.968 bits per heavy atom. The van der Waals surface area contributed by atoms with Crippen LogP contribution in [-0.4, -0.2) is 61.9 Å². The molecule has 0 aromatic carbocycles. The Kier molecular flexibility index (Phi) is 7.16. The molecule has 2 aromatic rings. The summed E-state index contributed by atoms with van der Waals surface area (Å²) in [5.41, 5.74) is 0.916. The van der Waals surface area contributed by atoms with Crippen molar-refractivity contribution in [2.75, 3.05) is 5.75 Å². The van der Waals surface area contributed by atoms with Gasteiger partial charge in [0.2, 0.25) is 0 Å². The van der Waals surface area contributed by atoms with E-state index in [1.165, 1.54) is 38.7 Å². The van der Waals surface area contributed by atoms with Gasteiger partial charge in [-0.1, -0.05) is 0 Å². The Labute approximate surface area is 183 Å². The summed E-state index contributed by atoms with van der Waals surface area (Å²) in [6, 6.07) is 1.79. The number of aryl methyl sites for hydroxylation is 1. The third-order valence-corrected chi connectivity index (χ3v) is 5.60. The second-order valence-electron chi connectivity index (χ2n) is 6.91. The second kappa shape index (κ2) is 9.82. The number of hydrogen-bond acceptors (Lipinski definition) is 10. The lowest BCUT2D eigenvalue weighted by molar-refractivity contribution is -0.186. The number of aromatic nitrogens is 3. The van der Waals surface area contributed by atoms with Crippen molar-refractivity contribution in [1.29, 1.82) is 0 Å². The predicted octanol–water partition coefficient (Wildman–Crippen LogP) is 1.73. The van der Waals surface area contributed by atoms with Gasteiger partial charge in [-0.3, -0.25) is 19.4 Å². The fourth-order valence-electron chi connectivity index (χ4n) is 3.20. The van der Waals surface area contributed by atoms with E-state index in [9.17, 15) is 14.4 Å². The SMILES string of the molecule is CC(=O)O[C@@H]1[C@@H](OC(C)=O)[C@@H](Oc2cncc(-c3cncn3C)c2)SC[C@H]1OC(C)=O. The van der Waals surface area contributed by atoms with E-state index >= 15 is 0 Å². The molecule has 0 radical (unpaired) electrons. The van der Waals surface area contributed by atoms with E-state index < -0.39 is 41.7 Å². The van der Waals surface area contributed by atoms with Gasteiger partial charge in [0.05, 0.1) is 24.4 Å². The Bertz CT molecular complexity index is 964. The number of hydrogen-bond donors (Lipinski definition) is 0. The maximum atomic E-state index is 11.8. The van der Waals surface area contributed by atoms with Gasteiger partial charge >= 0.3 is 17.9 Å². The molecule has 3 heterocycles. The summed E-state index contributed by atoms with van der Waals surface area (Å²) < 4.78 is 24.0. The average Bonchev–Trinajstić information content (AvgIpc) is 3.11. The summed E-state index contributed by atoms with van der Waals surface area (Å²) >= 11 is 1.28. The lowest BCUT2D eigenvalue weighted by atomic mass is 10.1. The van der Waals surface area contributed by atoms with Crippen LogP contribution in [0.5, 0.6) is 5.75 Å².